The Balaban J connectivity index is 0.000000149. The van der Waals surface area contributed by atoms with Crippen molar-refractivity contribution >= 4 is 199 Å². The second-order valence-corrected chi connectivity index (χ2v) is 38.4. The molecule has 26 aromatic rings. The number of hydrogen-bond acceptors (Lipinski definition) is 8. The largest absolute Gasteiger partial charge is 0.452 e. The first-order valence-electron chi connectivity index (χ1n) is 48.9. The van der Waals surface area contributed by atoms with Crippen LogP contribution in [0.4, 0.5) is 68.2 Å². The Morgan fingerprint density at radius 3 is 0.697 bits per heavy atom. The minimum atomic E-state index is 0.769. The predicted octanol–water partition coefficient (Wildman–Crippen LogP) is 39.2. The van der Waals surface area contributed by atoms with Crippen LogP contribution in [0.5, 0.6) is 0 Å². The zero-order valence-corrected chi connectivity index (χ0v) is 80.8. The Labute approximate surface area is 824 Å². The summed E-state index contributed by atoms with van der Waals surface area (Å²) in [7, 11) is 0. The van der Waals surface area contributed by atoms with E-state index in [1.807, 2.05) is 0 Å². The number of benzene rings is 22. The summed E-state index contributed by atoms with van der Waals surface area (Å²) >= 11 is 0. The van der Waals surface area contributed by atoms with E-state index in [2.05, 4.69) is 513 Å². The number of nitrogens with zero attached hydrogens (tertiary/aromatic N) is 4. The van der Waals surface area contributed by atoms with E-state index in [0.717, 1.165) is 199 Å². The van der Waals surface area contributed by atoms with E-state index < -0.39 is 0 Å². The van der Waals surface area contributed by atoms with Crippen LogP contribution in [-0.2, 0) is 0 Å². The summed E-state index contributed by atoms with van der Waals surface area (Å²) in [6.07, 6.45) is 0. The third-order valence-corrected chi connectivity index (χ3v) is 29.1. The standard InChI is InChI=1S/C69H54N2O2.C65H46N2O2/c1-41-24-26-52(48-20-10-8-11-21-48)37-61(41)70(66-43(3)16-14-17-44(66)4)56-30-28-50-35-58-59-32-47(7)65-60-36-51-29-31-57(34-55(51)40-64(60)73-69(65)68(59)72-63(58)39-54(50)33-56)71(67-45(5)18-15-19-46(67)6)62-38-53(27-25-42(62)2)49-22-12-9-13-23-49;1-41-24-26-48(44-16-8-4-9-17-44)37-59(41)66(52-20-12-6-13-21-52)54-30-28-46-35-56-57-32-43(3)63-58-36-47-29-31-55(34-51(47)40-62(58)69-65(63)64(57)68-61(56)39-50(46)33-54)67(53-22-14-7-15-23-53)60-38-49(27-25-42(60)2)45-18-10-5-11-19-45/h8-40H,1-7H3;4-40H,1-3H3. The quantitative estimate of drug-likeness (QED) is 0.0948. The molecule has 4 aromatic heterocycles. The van der Waals surface area contributed by atoms with Gasteiger partial charge in [0, 0.05) is 100.0 Å². The first kappa shape index (κ1) is 85.9. The van der Waals surface area contributed by atoms with E-state index in [-0.39, 0.29) is 0 Å². The van der Waals surface area contributed by atoms with Crippen molar-refractivity contribution in [2.24, 2.45) is 0 Å². The van der Waals surface area contributed by atoms with Crippen molar-refractivity contribution < 1.29 is 17.7 Å². The Bertz CT molecular complexity index is 9510. The van der Waals surface area contributed by atoms with Crippen LogP contribution < -0.4 is 19.6 Å². The number of hydrogen-bond donors (Lipinski definition) is 0. The number of rotatable bonds is 16. The number of aryl methyl sites for hydroxylation is 10. The van der Waals surface area contributed by atoms with Gasteiger partial charge in [-0.25, -0.2) is 0 Å². The van der Waals surface area contributed by atoms with Crippen LogP contribution in [0.1, 0.15) is 55.6 Å². The second-order valence-electron chi connectivity index (χ2n) is 38.4. The molecular weight excluding hydrogens is 1730 g/mol. The maximum Gasteiger partial charge on any atom is 0.178 e. The monoisotopic (exact) mass is 1830 g/mol. The summed E-state index contributed by atoms with van der Waals surface area (Å²) in [5, 5.41) is 17.6. The average molecular weight is 1830 g/mol. The molecule has 0 atom stereocenters. The summed E-state index contributed by atoms with van der Waals surface area (Å²) in [6.45, 7) is 22.0. The van der Waals surface area contributed by atoms with E-state index in [0.29, 0.717) is 0 Å². The Morgan fingerprint density at radius 2 is 0.401 bits per heavy atom. The van der Waals surface area contributed by atoms with Gasteiger partial charge in [0.25, 0.3) is 0 Å². The van der Waals surface area contributed by atoms with Crippen LogP contribution in [0.15, 0.2) is 442 Å². The average Bonchev–Trinajstić information content (AvgIpc) is 1.56. The topological polar surface area (TPSA) is 65.5 Å². The fraction of sp³-hybridized carbons (Fsp3) is 0.0746. The summed E-state index contributed by atoms with van der Waals surface area (Å²) in [5.74, 6) is 0. The highest BCUT2D eigenvalue weighted by Crippen LogP contribution is 2.52. The van der Waals surface area contributed by atoms with Crippen molar-refractivity contribution in [1.82, 2.24) is 0 Å². The van der Waals surface area contributed by atoms with Gasteiger partial charge in [0.2, 0.25) is 0 Å². The number of furan rings is 4. The molecule has 0 saturated carbocycles. The third-order valence-electron chi connectivity index (χ3n) is 29.1. The van der Waals surface area contributed by atoms with Gasteiger partial charge in [0.1, 0.15) is 22.3 Å². The second kappa shape index (κ2) is 34.8. The smallest absolute Gasteiger partial charge is 0.178 e. The van der Waals surface area contributed by atoms with Gasteiger partial charge in [0.05, 0.1) is 11.4 Å². The van der Waals surface area contributed by atoms with Crippen molar-refractivity contribution in [1.29, 1.82) is 0 Å². The molecule has 0 fully saturated rings. The first-order chi connectivity index (χ1) is 69.5. The first-order valence-corrected chi connectivity index (χ1v) is 48.9. The molecule has 0 aliphatic rings. The van der Waals surface area contributed by atoms with Gasteiger partial charge < -0.3 is 37.3 Å². The van der Waals surface area contributed by atoms with Crippen LogP contribution in [0.25, 0.3) is 175 Å². The van der Waals surface area contributed by atoms with Crippen LogP contribution in [0, 0.1) is 69.2 Å². The number of para-hydroxylation sites is 4. The SMILES string of the molecule is Cc1ccc(-c2ccccc2)cc1N(c1ccc2cc3c(cc2c1)oc1c3cc(C)c2c3cc4ccc(N(c5cc(-c6ccccc6)ccc5C)c5c(C)cccc5C)cc4cc3oc12)c1c(C)cccc1C.Cc1ccc(-c2ccccc2)cc1N(c1ccccc1)c1ccc2cc3c(cc2c1)oc1c3cc(C)c2c3cc4ccc(N(c5ccccc5)c5cc(-c6ccccc6)ccc5C)cc4cc3oc12. The summed E-state index contributed by atoms with van der Waals surface area (Å²) in [6, 6.07) is 154. The fourth-order valence-electron chi connectivity index (χ4n) is 22.0. The molecule has 0 aliphatic carbocycles. The molecule has 8 heteroatoms. The molecule has 0 aliphatic heterocycles. The zero-order chi connectivity index (χ0) is 95.8. The summed E-state index contributed by atoms with van der Waals surface area (Å²) < 4.78 is 27.8. The maximum absolute atomic E-state index is 6.98. The van der Waals surface area contributed by atoms with Gasteiger partial charge in [-0.2, -0.15) is 0 Å². The van der Waals surface area contributed by atoms with Crippen molar-refractivity contribution in [3.8, 4) is 44.5 Å². The van der Waals surface area contributed by atoms with Gasteiger partial charge in [0.15, 0.2) is 22.3 Å². The highest BCUT2D eigenvalue weighted by Gasteiger charge is 2.29. The molecule has 26 rings (SSSR count). The molecule has 0 N–H and O–H groups in total. The lowest BCUT2D eigenvalue weighted by Crippen LogP contribution is -2.14. The van der Waals surface area contributed by atoms with Crippen LogP contribution in [0.3, 0.4) is 0 Å². The van der Waals surface area contributed by atoms with Gasteiger partial charge >= 0.3 is 0 Å². The molecule has 22 aromatic carbocycles. The van der Waals surface area contributed by atoms with Gasteiger partial charge in [-0.1, -0.05) is 267 Å². The Hall–Kier alpha value is -17.7. The molecule has 142 heavy (non-hydrogen) atoms. The molecule has 0 saturated heterocycles. The molecule has 680 valence electrons. The molecule has 0 radical (unpaired) electrons. The van der Waals surface area contributed by atoms with Gasteiger partial charge in [-0.15, -0.1) is 0 Å². The van der Waals surface area contributed by atoms with Crippen LogP contribution in [-0.4, -0.2) is 0 Å². The minimum absolute atomic E-state index is 0.769. The molecule has 0 spiro atoms. The Kier molecular flexibility index (Phi) is 21.0. The Morgan fingerprint density at radius 1 is 0.148 bits per heavy atom. The highest BCUT2D eigenvalue weighted by atomic mass is 16.4. The van der Waals surface area contributed by atoms with Crippen LogP contribution in [0.2, 0.25) is 0 Å². The molecule has 0 bridgehead atoms. The highest BCUT2D eigenvalue weighted by molar-refractivity contribution is 6.25. The maximum atomic E-state index is 6.98. The lowest BCUT2D eigenvalue weighted by molar-refractivity contribution is 0.633. The van der Waals surface area contributed by atoms with E-state index in [1.165, 1.54) is 100 Å². The lowest BCUT2D eigenvalue weighted by atomic mass is 9.98. The van der Waals surface area contributed by atoms with Crippen molar-refractivity contribution in [2.75, 3.05) is 19.6 Å². The van der Waals surface area contributed by atoms with E-state index in [4.69, 9.17) is 17.7 Å². The van der Waals surface area contributed by atoms with E-state index >= 15 is 0 Å². The number of fused-ring (bicyclic) bond motifs is 18. The molecule has 4 heterocycles. The van der Waals surface area contributed by atoms with Crippen molar-refractivity contribution in [3.05, 3.63) is 480 Å². The van der Waals surface area contributed by atoms with E-state index in [1.54, 1.807) is 0 Å². The van der Waals surface area contributed by atoms with E-state index in [9.17, 15) is 0 Å². The van der Waals surface area contributed by atoms with Gasteiger partial charge in [-0.3, -0.25) is 0 Å². The fourth-order valence-corrected chi connectivity index (χ4v) is 22.0. The third kappa shape index (κ3) is 15.0. The normalized spacial score (nSPS) is 11.7. The summed E-state index contributed by atoms with van der Waals surface area (Å²) in [4.78, 5) is 9.61. The van der Waals surface area contributed by atoms with Crippen molar-refractivity contribution in [2.45, 2.75) is 69.2 Å². The molecule has 0 unspecified atom stereocenters. The zero-order valence-electron chi connectivity index (χ0n) is 80.8. The van der Waals surface area contributed by atoms with Crippen molar-refractivity contribution in [3.63, 3.8) is 0 Å². The van der Waals surface area contributed by atoms with Gasteiger partial charge in [-0.05, 0) is 370 Å². The summed E-state index contributed by atoms with van der Waals surface area (Å²) in [5.41, 5.74) is 41.4. The molecular formula is C134H100N4O4. The predicted molar refractivity (Wildman–Crippen MR) is 600 cm³/mol. The number of anilines is 12. The van der Waals surface area contributed by atoms with Crippen LogP contribution >= 0.6 is 0 Å². The lowest BCUT2D eigenvalue weighted by Gasteiger charge is -2.30. The minimum Gasteiger partial charge on any atom is -0.452 e. The molecule has 8 nitrogen and oxygen atoms in total. The molecule has 0 amide bonds.